The average Bonchev–Trinajstić information content (AvgIpc) is 3.20. The van der Waals surface area contributed by atoms with Gasteiger partial charge in [0.2, 0.25) is 5.89 Å². The third kappa shape index (κ3) is 2.99. The smallest absolute Gasteiger partial charge is 0.280 e. The number of imidazole rings is 1. The minimum Gasteiger partial charge on any atom is -0.371 e. The Morgan fingerprint density at radius 3 is 2.78 bits per heavy atom. The van der Waals surface area contributed by atoms with E-state index in [9.17, 15) is 4.79 Å². The van der Waals surface area contributed by atoms with Gasteiger partial charge in [0.1, 0.15) is 12.9 Å². The zero-order valence-electron chi connectivity index (χ0n) is 17.1. The second-order valence-electron chi connectivity index (χ2n) is 8.35. The van der Waals surface area contributed by atoms with Gasteiger partial charge in [-0.05, 0) is 30.0 Å². The first kappa shape index (κ1) is 19.1. The van der Waals surface area contributed by atoms with Gasteiger partial charge in [0.05, 0.1) is 6.33 Å². The van der Waals surface area contributed by atoms with Crippen LogP contribution in [0.25, 0.3) is 11.2 Å². The topological polar surface area (TPSA) is 94.9 Å². The first-order valence-corrected chi connectivity index (χ1v) is 10.6. The largest absolute Gasteiger partial charge is 0.371 e. The van der Waals surface area contributed by atoms with Crippen molar-refractivity contribution in [3.8, 4) is 12.3 Å². The molecule has 3 atom stereocenters. The van der Waals surface area contributed by atoms with Gasteiger partial charge in [-0.2, -0.15) is 4.98 Å². The second-order valence-corrected chi connectivity index (χ2v) is 8.79. The van der Waals surface area contributed by atoms with Gasteiger partial charge in [-0.25, -0.2) is 9.97 Å². The Morgan fingerprint density at radius 1 is 1.22 bits per heavy atom. The average molecular weight is 448 g/mol. The molecule has 0 bridgehead atoms. The molecular weight excluding hydrogens is 430 g/mol. The summed E-state index contributed by atoms with van der Waals surface area (Å²) in [6, 6.07) is 5.72. The number of benzene rings is 1. The van der Waals surface area contributed by atoms with Crippen LogP contribution in [0.15, 0.2) is 40.2 Å². The lowest BCUT2D eigenvalue weighted by molar-refractivity contribution is 0.363. The van der Waals surface area contributed by atoms with Crippen LogP contribution in [0.3, 0.4) is 0 Å². The fourth-order valence-electron chi connectivity index (χ4n) is 4.76. The van der Waals surface area contributed by atoms with Crippen molar-refractivity contribution in [2.24, 2.45) is 18.9 Å². The van der Waals surface area contributed by atoms with E-state index in [0.717, 1.165) is 24.3 Å². The molecule has 160 valence electrons. The molecule has 0 amide bonds. The molecule has 1 unspecified atom stereocenters. The molecule has 4 heterocycles. The number of aromatic nitrogens is 6. The lowest BCUT2D eigenvalue weighted by Crippen LogP contribution is -2.24. The predicted molar refractivity (Wildman–Crippen MR) is 117 cm³/mol. The van der Waals surface area contributed by atoms with Crippen LogP contribution >= 0.6 is 11.6 Å². The summed E-state index contributed by atoms with van der Waals surface area (Å²) in [7, 11) is 1.76. The van der Waals surface area contributed by atoms with Crippen molar-refractivity contribution >= 4 is 28.5 Å². The van der Waals surface area contributed by atoms with Crippen LogP contribution in [-0.2, 0) is 13.6 Å². The number of fused-ring (bicyclic) bond motifs is 2. The van der Waals surface area contributed by atoms with Gasteiger partial charge in [-0.1, -0.05) is 22.7 Å². The van der Waals surface area contributed by atoms with Gasteiger partial charge in [0, 0.05) is 42.3 Å². The van der Waals surface area contributed by atoms with Crippen molar-refractivity contribution in [2.45, 2.75) is 12.5 Å². The molecule has 10 heteroatoms. The Balaban J connectivity index is 1.16. The maximum Gasteiger partial charge on any atom is 0.280 e. The monoisotopic (exact) mass is 447 g/mol. The maximum atomic E-state index is 12.7. The van der Waals surface area contributed by atoms with E-state index in [1.54, 1.807) is 24.0 Å². The third-order valence-corrected chi connectivity index (χ3v) is 6.61. The van der Waals surface area contributed by atoms with Crippen LogP contribution < -0.4 is 10.5 Å². The van der Waals surface area contributed by atoms with E-state index < -0.39 is 0 Å². The van der Waals surface area contributed by atoms with E-state index >= 15 is 0 Å². The summed E-state index contributed by atoms with van der Waals surface area (Å²) in [5.74, 6) is 4.93. The first-order chi connectivity index (χ1) is 15.5. The maximum absolute atomic E-state index is 12.7. The summed E-state index contributed by atoms with van der Waals surface area (Å²) < 4.78 is 8.56. The molecule has 2 aliphatic rings. The molecule has 4 aromatic rings. The second kappa shape index (κ2) is 6.93. The van der Waals surface area contributed by atoms with Crippen molar-refractivity contribution in [1.82, 2.24) is 29.2 Å². The van der Waals surface area contributed by atoms with E-state index in [-0.39, 0.29) is 18.0 Å². The number of hydrogen-bond acceptors (Lipinski definition) is 7. The Hall–Kier alpha value is -3.64. The standard InChI is InChI=1S/C22H18ClN7O2/c1-3-12-4-13(23)6-14(5-12)29-7-15-16(8-29)18(15)20-26-17(32-27-20)9-30-11-25-21-19(22(30)31)28(2)10-24-21/h1,4-6,10-11,15-16,18H,7-9H2,2H3/t15-,16+,18?. The number of rotatable bonds is 4. The highest BCUT2D eigenvalue weighted by Crippen LogP contribution is 2.58. The van der Waals surface area contributed by atoms with E-state index in [1.807, 2.05) is 12.1 Å². The lowest BCUT2D eigenvalue weighted by Gasteiger charge is -2.22. The normalized spacial score (nSPS) is 21.7. The minimum absolute atomic E-state index is 0.172. The highest BCUT2D eigenvalue weighted by Gasteiger charge is 2.58. The lowest BCUT2D eigenvalue weighted by atomic mass is 10.1. The predicted octanol–water partition coefficient (Wildman–Crippen LogP) is 2.05. The Bertz CT molecular complexity index is 1450. The highest BCUT2D eigenvalue weighted by molar-refractivity contribution is 6.31. The van der Waals surface area contributed by atoms with Crippen molar-refractivity contribution in [3.05, 3.63) is 63.5 Å². The van der Waals surface area contributed by atoms with Crippen LogP contribution in [0.4, 0.5) is 5.69 Å². The molecule has 3 aromatic heterocycles. The van der Waals surface area contributed by atoms with Crippen molar-refractivity contribution < 1.29 is 4.52 Å². The molecule has 0 spiro atoms. The summed E-state index contributed by atoms with van der Waals surface area (Å²) in [6.45, 7) is 1.96. The van der Waals surface area contributed by atoms with Gasteiger partial charge in [-0.3, -0.25) is 9.36 Å². The molecule has 1 aromatic carbocycles. The van der Waals surface area contributed by atoms with Crippen molar-refractivity contribution in [1.29, 1.82) is 0 Å². The van der Waals surface area contributed by atoms with Gasteiger partial charge in [-0.15, -0.1) is 6.42 Å². The minimum atomic E-state index is -0.193. The Labute approximate surface area is 187 Å². The van der Waals surface area contributed by atoms with Crippen molar-refractivity contribution in [2.75, 3.05) is 18.0 Å². The molecule has 2 fully saturated rings. The number of hydrogen-bond donors (Lipinski definition) is 0. The van der Waals surface area contributed by atoms with Crippen LogP contribution in [-0.4, -0.2) is 42.3 Å². The summed E-state index contributed by atoms with van der Waals surface area (Å²) in [5.41, 5.74) is 2.49. The SMILES string of the molecule is C#Cc1cc(Cl)cc(N2C[C@@H]3C(c4noc(Cn5cnc6ncn(C)c6c5=O)n4)[C@@H]3C2)c1. The molecule has 9 nitrogen and oxygen atoms in total. The molecule has 0 N–H and O–H groups in total. The van der Waals surface area contributed by atoms with Crippen LogP contribution in [0, 0.1) is 24.2 Å². The Morgan fingerprint density at radius 2 is 2.00 bits per heavy atom. The highest BCUT2D eigenvalue weighted by atomic mass is 35.5. The summed E-state index contributed by atoms with van der Waals surface area (Å²) in [6.07, 6.45) is 8.56. The molecule has 32 heavy (non-hydrogen) atoms. The first-order valence-electron chi connectivity index (χ1n) is 10.2. The molecule has 1 aliphatic carbocycles. The number of aryl methyl sites for hydroxylation is 1. The number of anilines is 1. The van der Waals surface area contributed by atoms with Gasteiger partial charge < -0.3 is 14.0 Å². The molecule has 1 saturated carbocycles. The zero-order valence-corrected chi connectivity index (χ0v) is 17.9. The number of terminal acetylenes is 1. The summed E-state index contributed by atoms with van der Waals surface area (Å²) in [4.78, 5) is 27.9. The fourth-order valence-corrected chi connectivity index (χ4v) is 4.99. The van der Waals surface area contributed by atoms with Crippen LogP contribution in [0.2, 0.25) is 5.02 Å². The van der Waals surface area contributed by atoms with Crippen molar-refractivity contribution in [3.63, 3.8) is 0 Å². The van der Waals surface area contributed by atoms with Gasteiger partial charge in [0.25, 0.3) is 5.56 Å². The fraction of sp³-hybridized carbons (Fsp3) is 0.318. The summed E-state index contributed by atoms with van der Waals surface area (Å²) in [5, 5.41) is 4.83. The number of halogens is 1. The van der Waals surface area contributed by atoms with E-state index in [2.05, 4.69) is 30.9 Å². The molecule has 1 aliphatic heterocycles. The van der Waals surface area contributed by atoms with E-state index in [0.29, 0.717) is 39.7 Å². The zero-order chi connectivity index (χ0) is 22.0. The molecule has 1 saturated heterocycles. The molecule has 0 radical (unpaired) electrons. The van der Waals surface area contributed by atoms with E-state index in [4.69, 9.17) is 22.5 Å². The third-order valence-electron chi connectivity index (χ3n) is 6.40. The van der Waals surface area contributed by atoms with Crippen LogP contribution in [0.5, 0.6) is 0 Å². The Kier molecular flexibility index (Phi) is 4.13. The van der Waals surface area contributed by atoms with Gasteiger partial charge >= 0.3 is 0 Å². The van der Waals surface area contributed by atoms with E-state index in [1.165, 1.54) is 10.9 Å². The summed E-state index contributed by atoms with van der Waals surface area (Å²) >= 11 is 6.21. The van der Waals surface area contributed by atoms with Gasteiger partial charge in [0.15, 0.2) is 17.0 Å². The number of piperidine rings is 1. The van der Waals surface area contributed by atoms with Crippen LogP contribution in [0.1, 0.15) is 23.2 Å². The number of nitrogens with zero attached hydrogens (tertiary/aromatic N) is 7. The quantitative estimate of drug-likeness (QED) is 0.442. The molecule has 6 rings (SSSR count). The molecular formula is C22H18ClN7O2.